The van der Waals surface area contributed by atoms with Gasteiger partial charge < -0.3 is 19.7 Å². The van der Waals surface area contributed by atoms with Gasteiger partial charge >= 0.3 is 0 Å². The summed E-state index contributed by atoms with van der Waals surface area (Å²) in [6.45, 7) is 9.56. The molecule has 2 unspecified atom stereocenters. The molecule has 0 spiro atoms. The number of epoxide rings is 1. The summed E-state index contributed by atoms with van der Waals surface area (Å²) >= 11 is 0. The van der Waals surface area contributed by atoms with Crippen LogP contribution in [0.1, 0.15) is 48.7 Å². The molecule has 30 heavy (non-hydrogen) atoms. The molecule has 2 N–H and O–H groups in total. The van der Waals surface area contributed by atoms with Crippen LogP contribution in [-0.2, 0) is 11.2 Å². The Morgan fingerprint density at radius 2 is 1.93 bits per heavy atom. The molecule has 4 rings (SSSR count). The van der Waals surface area contributed by atoms with Gasteiger partial charge in [-0.3, -0.25) is 4.98 Å². The minimum atomic E-state index is -0.0695. The first-order chi connectivity index (χ1) is 14.5. The minimum absolute atomic E-state index is 0.0695. The van der Waals surface area contributed by atoms with Crippen molar-refractivity contribution < 1.29 is 14.0 Å². The molecule has 0 radical (unpaired) electrons. The van der Waals surface area contributed by atoms with Gasteiger partial charge in [0, 0.05) is 17.8 Å². The Labute approximate surface area is 176 Å². The summed E-state index contributed by atoms with van der Waals surface area (Å²) in [4.78, 5) is 9.13. The Morgan fingerprint density at radius 1 is 1.17 bits per heavy atom. The van der Waals surface area contributed by atoms with Gasteiger partial charge in [-0.2, -0.15) is 4.98 Å². The maximum atomic E-state index is 6.13. The lowest BCUT2D eigenvalue weighted by molar-refractivity contribution is 0.260. The van der Waals surface area contributed by atoms with Crippen LogP contribution in [0.4, 0.5) is 0 Å². The highest BCUT2D eigenvalue weighted by Crippen LogP contribution is 2.32. The molecular formula is C23H28N4O3. The van der Waals surface area contributed by atoms with Crippen LogP contribution in [-0.4, -0.2) is 34.4 Å². The highest BCUT2D eigenvalue weighted by molar-refractivity contribution is 5.64. The van der Waals surface area contributed by atoms with Crippen LogP contribution in [0, 0.1) is 13.8 Å². The summed E-state index contributed by atoms with van der Waals surface area (Å²) in [7, 11) is 0. The number of aromatic nitrogens is 3. The average molecular weight is 409 g/mol. The van der Waals surface area contributed by atoms with Crippen LogP contribution in [0.3, 0.4) is 0 Å². The van der Waals surface area contributed by atoms with Crippen molar-refractivity contribution in [3.05, 3.63) is 46.8 Å². The van der Waals surface area contributed by atoms with Crippen LogP contribution >= 0.6 is 0 Å². The van der Waals surface area contributed by atoms with Crippen LogP contribution in [0.15, 0.2) is 28.9 Å². The van der Waals surface area contributed by atoms with E-state index in [1.165, 1.54) is 0 Å². The lowest BCUT2D eigenvalue weighted by atomic mass is 10.0. The predicted molar refractivity (Wildman–Crippen MR) is 114 cm³/mol. The Morgan fingerprint density at radius 3 is 2.60 bits per heavy atom. The molecule has 0 saturated carbocycles. The van der Waals surface area contributed by atoms with Crippen LogP contribution in [0.25, 0.3) is 22.8 Å². The third kappa shape index (κ3) is 4.22. The second-order valence-electron chi connectivity index (χ2n) is 7.77. The van der Waals surface area contributed by atoms with Crippen molar-refractivity contribution in [2.45, 2.75) is 52.7 Å². The van der Waals surface area contributed by atoms with E-state index in [1.54, 1.807) is 6.20 Å². The molecule has 2 aromatic heterocycles. The number of rotatable bonds is 8. The number of hydrogen-bond acceptors (Lipinski definition) is 7. The van der Waals surface area contributed by atoms with Crippen molar-refractivity contribution in [1.82, 2.24) is 15.1 Å². The maximum Gasteiger partial charge on any atom is 0.259 e. The molecule has 1 fully saturated rings. The molecule has 1 aromatic carbocycles. The Bertz CT molecular complexity index is 1040. The van der Waals surface area contributed by atoms with Gasteiger partial charge in [0.25, 0.3) is 5.89 Å². The van der Waals surface area contributed by atoms with E-state index < -0.39 is 0 Å². The molecule has 0 aliphatic carbocycles. The smallest absolute Gasteiger partial charge is 0.259 e. The third-order valence-electron chi connectivity index (χ3n) is 5.39. The zero-order chi connectivity index (χ0) is 21.3. The molecule has 3 heterocycles. The molecule has 1 aliphatic heterocycles. The van der Waals surface area contributed by atoms with Gasteiger partial charge in [0.05, 0.1) is 17.9 Å². The predicted octanol–water partition coefficient (Wildman–Crippen LogP) is 4.17. The third-order valence-corrected chi connectivity index (χ3v) is 5.39. The summed E-state index contributed by atoms with van der Waals surface area (Å²) in [5.74, 6) is 1.91. The Kier molecular flexibility index (Phi) is 5.83. The van der Waals surface area contributed by atoms with Gasteiger partial charge in [0.2, 0.25) is 5.82 Å². The van der Waals surface area contributed by atoms with Crippen molar-refractivity contribution in [1.29, 1.82) is 0 Å². The van der Waals surface area contributed by atoms with E-state index in [0.29, 0.717) is 18.3 Å². The van der Waals surface area contributed by atoms with Crippen molar-refractivity contribution in [3.8, 4) is 28.6 Å². The standard InChI is InChI=1S/C23H28N4O3/c1-5-15-9-16(8-14(4)21(15)29-12-18-11-28-18)22-26-23(30-27-22)17-7-13(3)20(25-10-17)19(24)6-2/h7-10,18-19H,5-6,11-12,24H2,1-4H3. The van der Waals surface area contributed by atoms with Crippen LogP contribution < -0.4 is 10.5 Å². The summed E-state index contributed by atoms with van der Waals surface area (Å²) in [5, 5.41) is 4.20. The molecule has 7 nitrogen and oxygen atoms in total. The first-order valence-electron chi connectivity index (χ1n) is 10.4. The number of ether oxygens (including phenoxy) is 2. The summed E-state index contributed by atoms with van der Waals surface area (Å²) in [6, 6.07) is 6.02. The SMILES string of the molecule is CCc1cc(-c2noc(-c3cnc(C(N)CC)c(C)c3)n2)cc(C)c1OCC1CO1. The van der Waals surface area contributed by atoms with E-state index in [-0.39, 0.29) is 12.1 Å². The molecular weight excluding hydrogens is 380 g/mol. The zero-order valence-electron chi connectivity index (χ0n) is 17.9. The van der Waals surface area contributed by atoms with Gasteiger partial charge in [0.15, 0.2) is 0 Å². The second kappa shape index (κ2) is 8.53. The minimum Gasteiger partial charge on any atom is -0.490 e. The first-order valence-corrected chi connectivity index (χ1v) is 10.4. The first kappa shape index (κ1) is 20.5. The van der Waals surface area contributed by atoms with Gasteiger partial charge in [-0.05, 0) is 61.6 Å². The number of benzene rings is 1. The highest BCUT2D eigenvalue weighted by Gasteiger charge is 2.24. The Hall–Kier alpha value is -2.77. The van der Waals surface area contributed by atoms with E-state index in [4.69, 9.17) is 19.7 Å². The molecule has 3 aromatic rings. The summed E-state index contributed by atoms with van der Waals surface area (Å²) in [5.41, 5.74) is 11.9. The normalized spacial score (nSPS) is 16.5. The molecule has 7 heteroatoms. The van der Waals surface area contributed by atoms with E-state index in [2.05, 4.69) is 28.1 Å². The van der Waals surface area contributed by atoms with Crippen LogP contribution in [0.5, 0.6) is 5.75 Å². The van der Waals surface area contributed by atoms with Crippen molar-refractivity contribution >= 4 is 0 Å². The number of nitrogens with two attached hydrogens (primary N) is 1. The summed E-state index contributed by atoms with van der Waals surface area (Å²) in [6.07, 6.45) is 3.66. The second-order valence-corrected chi connectivity index (χ2v) is 7.77. The van der Waals surface area contributed by atoms with E-state index in [1.807, 2.05) is 32.9 Å². The molecule has 0 amide bonds. The fourth-order valence-electron chi connectivity index (χ4n) is 3.53. The fraction of sp³-hybridized carbons (Fsp3) is 0.435. The monoisotopic (exact) mass is 408 g/mol. The largest absolute Gasteiger partial charge is 0.490 e. The molecule has 1 aliphatic rings. The lowest BCUT2D eigenvalue weighted by Gasteiger charge is -2.14. The quantitative estimate of drug-likeness (QED) is 0.559. The average Bonchev–Trinajstić information content (AvgIpc) is 3.44. The van der Waals surface area contributed by atoms with Crippen LogP contribution in [0.2, 0.25) is 0 Å². The molecule has 158 valence electrons. The van der Waals surface area contributed by atoms with Crippen molar-refractivity contribution in [3.63, 3.8) is 0 Å². The number of aryl methyl sites for hydroxylation is 3. The zero-order valence-corrected chi connectivity index (χ0v) is 17.9. The number of hydrogen-bond donors (Lipinski definition) is 1. The number of pyridine rings is 1. The maximum absolute atomic E-state index is 6.13. The van der Waals surface area contributed by atoms with E-state index >= 15 is 0 Å². The van der Waals surface area contributed by atoms with Gasteiger partial charge in [-0.15, -0.1) is 0 Å². The van der Waals surface area contributed by atoms with Gasteiger partial charge in [-0.1, -0.05) is 19.0 Å². The summed E-state index contributed by atoms with van der Waals surface area (Å²) < 4.78 is 16.8. The molecule has 0 bridgehead atoms. The van der Waals surface area contributed by atoms with Crippen molar-refractivity contribution in [2.24, 2.45) is 5.73 Å². The Balaban J connectivity index is 1.60. The topological polar surface area (TPSA) is 99.6 Å². The van der Waals surface area contributed by atoms with Gasteiger partial charge in [0.1, 0.15) is 18.5 Å². The van der Waals surface area contributed by atoms with Crippen molar-refractivity contribution in [2.75, 3.05) is 13.2 Å². The van der Waals surface area contributed by atoms with Gasteiger partial charge in [-0.25, -0.2) is 0 Å². The lowest BCUT2D eigenvalue weighted by Crippen LogP contribution is -2.12. The number of nitrogens with zero attached hydrogens (tertiary/aromatic N) is 3. The van der Waals surface area contributed by atoms with E-state index in [0.717, 1.165) is 58.7 Å². The van der Waals surface area contributed by atoms with E-state index in [9.17, 15) is 0 Å². The molecule has 1 saturated heterocycles. The highest BCUT2D eigenvalue weighted by atomic mass is 16.6. The molecule has 2 atom stereocenters. The fourth-order valence-corrected chi connectivity index (χ4v) is 3.53.